The number of aryl methyl sites for hydroxylation is 1. The SMILES string of the molecule is Cc1ccc(S(=O)(=O)NCc2ccccc2)cc1C(=O)N1CCCCC1c1cnc(N)nc1. The minimum Gasteiger partial charge on any atom is -0.368 e. The molecule has 0 bridgehead atoms. The third kappa shape index (κ3) is 5.20. The number of carbonyl (C=O) groups is 1. The van der Waals surface area contributed by atoms with Crippen molar-refractivity contribution in [2.45, 2.75) is 43.7 Å². The van der Waals surface area contributed by atoms with Gasteiger partial charge in [-0.15, -0.1) is 0 Å². The van der Waals surface area contributed by atoms with Crippen LogP contribution >= 0.6 is 0 Å². The zero-order valence-electron chi connectivity index (χ0n) is 18.4. The average Bonchev–Trinajstić information content (AvgIpc) is 2.84. The molecular formula is C24H27N5O3S. The molecule has 1 aromatic heterocycles. The van der Waals surface area contributed by atoms with Crippen LogP contribution in [0.4, 0.5) is 5.95 Å². The fraction of sp³-hybridized carbons (Fsp3) is 0.292. The van der Waals surface area contributed by atoms with Gasteiger partial charge in [0.25, 0.3) is 5.91 Å². The summed E-state index contributed by atoms with van der Waals surface area (Å²) in [5.74, 6) is -0.0154. The summed E-state index contributed by atoms with van der Waals surface area (Å²) in [5, 5.41) is 0. The maximum absolute atomic E-state index is 13.6. The topological polar surface area (TPSA) is 118 Å². The highest BCUT2D eigenvalue weighted by molar-refractivity contribution is 7.89. The Kier molecular flexibility index (Phi) is 6.71. The molecular weight excluding hydrogens is 438 g/mol. The van der Waals surface area contributed by atoms with Crippen molar-refractivity contribution in [2.75, 3.05) is 12.3 Å². The number of hydrogen-bond donors (Lipinski definition) is 2. The number of aromatic nitrogens is 2. The van der Waals surface area contributed by atoms with Crippen molar-refractivity contribution in [1.82, 2.24) is 19.6 Å². The molecule has 9 heteroatoms. The molecule has 1 aliphatic rings. The molecule has 1 fully saturated rings. The number of benzene rings is 2. The van der Waals surface area contributed by atoms with E-state index in [1.807, 2.05) is 37.3 Å². The second kappa shape index (κ2) is 9.68. The third-order valence-electron chi connectivity index (χ3n) is 5.90. The molecule has 1 saturated heterocycles. The second-order valence-corrected chi connectivity index (χ2v) is 9.94. The maximum Gasteiger partial charge on any atom is 0.254 e. The number of hydrogen-bond acceptors (Lipinski definition) is 6. The number of nitrogens with two attached hydrogens (primary N) is 1. The van der Waals surface area contributed by atoms with Gasteiger partial charge in [0, 0.05) is 36.6 Å². The van der Waals surface area contributed by atoms with E-state index in [4.69, 9.17) is 5.73 Å². The number of carbonyl (C=O) groups excluding carboxylic acids is 1. The molecule has 2 aromatic carbocycles. The number of amides is 1. The highest BCUT2D eigenvalue weighted by Gasteiger charge is 2.30. The number of anilines is 1. The van der Waals surface area contributed by atoms with Crippen molar-refractivity contribution in [3.63, 3.8) is 0 Å². The molecule has 8 nitrogen and oxygen atoms in total. The molecule has 1 amide bonds. The van der Waals surface area contributed by atoms with Crippen LogP contribution in [-0.2, 0) is 16.6 Å². The van der Waals surface area contributed by atoms with Crippen LogP contribution in [0.5, 0.6) is 0 Å². The van der Waals surface area contributed by atoms with Gasteiger partial charge in [-0.25, -0.2) is 23.1 Å². The summed E-state index contributed by atoms with van der Waals surface area (Å²) in [6.45, 7) is 2.56. The predicted octanol–water partition coefficient (Wildman–Crippen LogP) is 3.21. The summed E-state index contributed by atoms with van der Waals surface area (Å²) in [5.41, 5.74) is 8.39. The quantitative estimate of drug-likeness (QED) is 0.577. The van der Waals surface area contributed by atoms with Crippen molar-refractivity contribution in [3.05, 3.63) is 83.2 Å². The molecule has 0 radical (unpaired) electrons. The lowest BCUT2D eigenvalue weighted by atomic mass is 9.95. The number of sulfonamides is 1. The normalized spacial score (nSPS) is 16.5. The van der Waals surface area contributed by atoms with E-state index in [0.717, 1.165) is 36.0 Å². The van der Waals surface area contributed by atoms with E-state index < -0.39 is 10.0 Å². The molecule has 172 valence electrons. The van der Waals surface area contributed by atoms with E-state index in [0.29, 0.717) is 12.1 Å². The first-order valence-corrected chi connectivity index (χ1v) is 12.4. The molecule has 33 heavy (non-hydrogen) atoms. The van der Waals surface area contributed by atoms with Crippen LogP contribution in [0, 0.1) is 6.92 Å². The fourth-order valence-corrected chi connectivity index (χ4v) is 5.10. The number of piperidine rings is 1. The molecule has 1 atom stereocenters. The first-order valence-electron chi connectivity index (χ1n) is 10.9. The van der Waals surface area contributed by atoms with Gasteiger partial charge in [0.2, 0.25) is 16.0 Å². The molecule has 1 aliphatic heterocycles. The summed E-state index contributed by atoms with van der Waals surface area (Å²) in [6, 6.07) is 13.8. The van der Waals surface area contributed by atoms with E-state index in [1.54, 1.807) is 23.4 Å². The van der Waals surface area contributed by atoms with Gasteiger partial charge in [-0.2, -0.15) is 0 Å². The minimum absolute atomic E-state index is 0.0664. The van der Waals surface area contributed by atoms with Crippen LogP contribution < -0.4 is 10.5 Å². The number of nitrogen functional groups attached to an aromatic ring is 1. The van der Waals surface area contributed by atoms with Crippen LogP contribution in [0.15, 0.2) is 65.8 Å². The Balaban J connectivity index is 1.59. The summed E-state index contributed by atoms with van der Waals surface area (Å²) in [7, 11) is -3.79. The number of rotatable bonds is 6. The predicted molar refractivity (Wildman–Crippen MR) is 126 cm³/mol. The van der Waals surface area contributed by atoms with E-state index in [1.165, 1.54) is 12.1 Å². The number of nitrogens with zero attached hydrogens (tertiary/aromatic N) is 3. The monoisotopic (exact) mass is 465 g/mol. The van der Waals surface area contributed by atoms with Gasteiger partial charge in [0.15, 0.2) is 0 Å². The Hall–Kier alpha value is -3.30. The van der Waals surface area contributed by atoms with Gasteiger partial charge < -0.3 is 10.6 Å². The molecule has 0 saturated carbocycles. The molecule has 3 N–H and O–H groups in total. The highest BCUT2D eigenvalue weighted by atomic mass is 32.2. The molecule has 4 rings (SSSR count). The molecule has 0 spiro atoms. The Morgan fingerprint density at radius 1 is 1.12 bits per heavy atom. The summed E-state index contributed by atoms with van der Waals surface area (Å²) >= 11 is 0. The molecule has 2 heterocycles. The van der Waals surface area contributed by atoms with E-state index in [2.05, 4.69) is 14.7 Å². The van der Waals surface area contributed by atoms with Gasteiger partial charge in [0.05, 0.1) is 10.9 Å². The fourth-order valence-electron chi connectivity index (χ4n) is 4.05. The van der Waals surface area contributed by atoms with Crippen LogP contribution in [0.25, 0.3) is 0 Å². The van der Waals surface area contributed by atoms with Gasteiger partial charge in [-0.1, -0.05) is 36.4 Å². The lowest BCUT2D eigenvalue weighted by Gasteiger charge is -2.36. The van der Waals surface area contributed by atoms with Gasteiger partial charge in [-0.3, -0.25) is 4.79 Å². The summed E-state index contributed by atoms with van der Waals surface area (Å²) < 4.78 is 28.5. The lowest BCUT2D eigenvalue weighted by Crippen LogP contribution is -2.39. The Morgan fingerprint density at radius 3 is 2.58 bits per heavy atom. The molecule has 1 unspecified atom stereocenters. The summed E-state index contributed by atoms with van der Waals surface area (Å²) in [4.78, 5) is 23.6. The van der Waals surface area contributed by atoms with Crippen LogP contribution in [-0.4, -0.2) is 35.7 Å². The Bertz CT molecular complexity index is 1230. The summed E-state index contributed by atoms with van der Waals surface area (Å²) in [6.07, 6.45) is 5.96. The molecule has 0 aliphatic carbocycles. The first-order chi connectivity index (χ1) is 15.8. The van der Waals surface area contributed by atoms with E-state index in [9.17, 15) is 13.2 Å². The van der Waals surface area contributed by atoms with Crippen LogP contribution in [0.3, 0.4) is 0 Å². The van der Waals surface area contributed by atoms with Gasteiger partial charge >= 0.3 is 0 Å². The zero-order valence-corrected chi connectivity index (χ0v) is 19.3. The molecule has 3 aromatic rings. The zero-order chi connectivity index (χ0) is 23.4. The van der Waals surface area contributed by atoms with E-state index >= 15 is 0 Å². The highest BCUT2D eigenvalue weighted by Crippen LogP contribution is 2.32. The minimum atomic E-state index is -3.79. The van der Waals surface area contributed by atoms with Crippen molar-refractivity contribution in [2.24, 2.45) is 0 Å². The van der Waals surface area contributed by atoms with Gasteiger partial charge in [0.1, 0.15) is 0 Å². The largest absolute Gasteiger partial charge is 0.368 e. The van der Waals surface area contributed by atoms with Crippen LogP contribution in [0.2, 0.25) is 0 Å². The van der Waals surface area contributed by atoms with E-state index in [-0.39, 0.29) is 29.3 Å². The maximum atomic E-state index is 13.6. The van der Waals surface area contributed by atoms with Crippen molar-refractivity contribution < 1.29 is 13.2 Å². The van der Waals surface area contributed by atoms with Gasteiger partial charge in [-0.05, 0) is 49.4 Å². The third-order valence-corrected chi connectivity index (χ3v) is 7.30. The first kappa shape index (κ1) is 22.9. The van der Waals surface area contributed by atoms with Crippen molar-refractivity contribution in [1.29, 1.82) is 0 Å². The second-order valence-electron chi connectivity index (χ2n) is 8.17. The smallest absolute Gasteiger partial charge is 0.254 e. The average molecular weight is 466 g/mol. The number of likely N-dealkylation sites (tertiary alicyclic amines) is 1. The Labute approximate surface area is 193 Å². The van der Waals surface area contributed by atoms with Crippen LogP contribution in [0.1, 0.15) is 52.4 Å². The van der Waals surface area contributed by atoms with Crippen molar-refractivity contribution >= 4 is 21.9 Å². The lowest BCUT2D eigenvalue weighted by molar-refractivity contribution is 0.0610. The Morgan fingerprint density at radius 2 is 1.85 bits per heavy atom. The van der Waals surface area contributed by atoms with Crippen molar-refractivity contribution in [3.8, 4) is 0 Å². The standard InChI is InChI=1S/C24H27N5O3S/c1-17-10-11-20(33(31,32)28-14-18-7-3-2-4-8-18)13-21(17)23(30)29-12-6-5-9-22(29)19-15-26-24(25)27-16-19/h2-4,7-8,10-11,13,15-16,22,28H,5-6,9,12,14H2,1H3,(H2,25,26,27). The number of nitrogens with one attached hydrogen (secondary N) is 1.